The molecular formula is C22H23F3N6. The van der Waals surface area contributed by atoms with Crippen molar-refractivity contribution >= 4 is 23.4 Å². The Labute approximate surface area is 178 Å². The van der Waals surface area contributed by atoms with Gasteiger partial charge < -0.3 is 10.6 Å². The van der Waals surface area contributed by atoms with Crippen molar-refractivity contribution in [2.75, 3.05) is 24.2 Å². The highest BCUT2D eigenvalue weighted by atomic mass is 19.4. The third-order valence-electron chi connectivity index (χ3n) is 4.32. The first-order valence-corrected chi connectivity index (χ1v) is 9.68. The van der Waals surface area contributed by atoms with Gasteiger partial charge in [-0.05, 0) is 43.2 Å². The van der Waals surface area contributed by atoms with E-state index in [0.717, 1.165) is 24.2 Å². The average molecular weight is 428 g/mol. The number of anilines is 2. The third-order valence-corrected chi connectivity index (χ3v) is 4.32. The van der Waals surface area contributed by atoms with Gasteiger partial charge in [-0.25, -0.2) is 9.98 Å². The Morgan fingerprint density at radius 2 is 1.71 bits per heavy atom. The number of aliphatic imine (C=N–C) groups is 1. The van der Waals surface area contributed by atoms with Crippen LogP contribution in [-0.4, -0.2) is 29.5 Å². The zero-order valence-corrected chi connectivity index (χ0v) is 17.2. The maximum Gasteiger partial charge on any atom is 0.416 e. The minimum atomic E-state index is -4.38. The van der Waals surface area contributed by atoms with Crippen molar-refractivity contribution in [3.63, 3.8) is 0 Å². The van der Waals surface area contributed by atoms with E-state index in [9.17, 15) is 13.2 Å². The Kier molecular flexibility index (Phi) is 7.07. The van der Waals surface area contributed by atoms with Gasteiger partial charge in [-0.2, -0.15) is 18.2 Å². The van der Waals surface area contributed by atoms with Crippen LogP contribution in [0.1, 0.15) is 16.8 Å². The normalized spacial score (nSPS) is 11.8. The molecule has 6 nitrogen and oxygen atoms in total. The van der Waals surface area contributed by atoms with E-state index in [-0.39, 0.29) is 0 Å². The van der Waals surface area contributed by atoms with E-state index >= 15 is 0 Å². The largest absolute Gasteiger partial charge is 0.416 e. The van der Waals surface area contributed by atoms with Gasteiger partial charge >= 0.3 is 6.18 Å². The Balaban J connectivity index is 1.67. The lowest BCUT2D eigenvalue weighted by atomic mass is 10.1. The Morgan fingerprint density at radius 1 is 1.00 bits per heavy atom. The molecule has 0 fully saturated rings. The number of aromatic nitrogens is 2. The van der Waals surface area contributed by atoms with Crippen molar-refractivity contribution in [2.45, 2.75) is 19.5 Å². The smallest absolute Gasteiger partial charge is 0.370 e. The third kappa shape index (κ3) is 6.70. The van der Waals surface area contributed by atoms with Crippen molar-refractivity contribution in [1.82, 2.24) is 15.3 Å². The van der Waals surface area contributed by atoms with E-state index in [1.165, 1.54) is 17.7 Å². The highest BCUT2D eigenvalue weighted by Gasteiger charge is 2.29. The predicted molar refractivity (Wildman–Crippen MR) is 117 cm³/mol. The lowest BCUT2D eigenvalue weighted by Crippen LogP contribution is -2.28. The van der Waals surface area contributed by atoms with Crippen molar-refractivity contribution in [2.24, 2.45) is 4.99 Å². The van der Waals surface area contributed by atoms with Crippen molar-refractivity contribution < 1.29 is 13.2 Å². The van der Waals surface area contributed by atoms with Crippen molar-refractivity contribution in [1.29, 1.82) is 0 Å². The molecule has 0 radical (unpaired) electrons. The van der Waals surface area contributed by atoms with Crippen molar-refractivity contribution in [3.05, 3.63) is 77.5 Å². The standard InChI is InChI=1S/C22H23F3N6/c1-15-14-19(27-13-12-16-6-4-3-5-7-16)30-21(28-15)31-20(26-2)29-18-10-8-17(9-11-18)22(23,24)25/h3-11,14H,12-13H2,1-2H3,(H3,26,27,28,29,30,31). The number of nitrogens with zero attached hydrogens (tertiary/aromatic N) is 3. The number of alkyl halides is 3. The van der Waals surface area contributed by atoms with Crippen LogP contribution in [0, 0.1) is 6.92 Å². The first-order valence-electron chi connectivity index (χ1n) is 9.68. The fourth-order valence-electron chi connectivity index (χ4n) is 2.80. The first kappa shape index (κ1) is 22.1. The molecule has 0 aliphatic heterocycles. The number of hydrogen-bond donors (Lipinski definition) is 3. The van der Waals surface area contributed by atoms with Crippen LogP contribution in [0.5, 0.6) is 0 Å². The fourth-order valence-corrected chi connectivity index (χ4v) is 2.80. The summed E-state index contributed by atoms with van der Waals surface area (Å²) >= 11 is 0. The minimum Gasteiger partial charge on any atom is -0.370 e. The number of halogens is 3. The fraction of sp³-hybridized carbons (Fsp3) is 0.227. The second-order valence-electron chi connectivity index (χ2n) is 6.76. The average Bonchev–Trinajstić information content (AvgIpc) is 2.73. The molecule has 2 aromatic carbocycles. The summed E-state index contributed by atoms with van der Waals surface area (Å²) in [6, 6.07) is 16.5. The van der Waals surface area contributed by atoms with Crippen LogP contribution in [0.4, 0.5) is 30.6 Å². The molecule has 162 valence electrons. The molecule has 0 atom stereocenters. The van der Waals surface area contributed by atoms with Crippen LogP contribution in [0.25, 0.3) is 0 Å². The molecule has 9 heteroatoms. The van der Waals surface area contributed by atoms with Gasteiger partial charge in [0.25, 0.3) is 0 Å². The molecule has 0 saturated heterocycles. The van der Waals surface area contributed by atoms with Crippen LogP contribution in [0.2, 0.25) is 0 Å². The summed E-state index contributed by atoms with van der Waals surface area (Å²) in [4.78, 5) is 13.1. The Hall–Kier alpha value is -3.62. The molecular weight excluding hydrogens is 405 g/mol. The number of aryl methyl sites for hydroxylation is 1. The molecule has 3 N–H and O–H groups in total. The lowest BCUT2D eigenvalue weighted by Gasteiger charge is -2.12. The number of benzene rings is 2. The maximum atomic E-state index is 12.7. The second-order valence-corrected chi connectivity index (χ2v) is 6.76. The molecule has 31 heavy (non-hydrogen) atoms. The van der Waals surface area contributed by atoms with Gasteiger partial charge in [-0.3, -0.25) is 5.32 Å². The molecule has 3 aromatic rings. The van der Waals surface area contributed by atoms with Gasteiger partial charge in [-0.1, -0.05) is 30.3 Å². The van der Waals surface area contributed by atoms with Crippen molar-refractivity contribution in [3.8, 4) is 0 Å². The number of nitrogens with one attached hydrogen (secondary N) is 3. The number of hydrogen-bond acceptors (Lipinski definition) is 4. The Bertz CT molecular complexity index is 1020. The van der Waals surface area contributed by atoms with E-state index < -0.39 is 11.7 Å². The van der Waals surface area contributed by atoms with E-state index in [2.05, 4.69) is 43.0 Å². The molecule has 0 spiro atoms. The van der Waals surface area contributed by atoms with Gasteiger partial charge in [-0.15, -0.1) is 0 Å². The van der Waals surface area contributed by atoms with Crippen LogP contribution >= 0.6 is 0 Å². The molecule has 0 unspecified atom stereocenters. The van der Waals surface area contributed by atoms with Crippen LogP contribution < -0.4 is 16.0 Å². The molecule has 0 amide bonds. The van der Waals surface area contributed by atoms with Gasteiger partial charge in [0, 0.05) is 25.4 Å². The summed E-state index contributed by atoms with van der Waals surface area (Å²) in [5, 5.41) is 9.11. The number of guanidine groups is 1. The first-order chi connectivity index (χ1) is 14.8. The van der Waals surface area contributed by atoms with Crippen LogP contribution in [0.3, 0.4) is 0 Å². The molecule has 0 bridgehead atoms. The topological polar surface area (TPSA) is 74.2 Å². The van der Waals surface area contributed by atoms with E-state index in [1.54, 1.807) is 7.05 Å². The maximum absolute atomic E-state index is 12.7. The summed E-state index contributed by atoms with van der Waals surface area (Å²) in [6.07, 6.45) is -3.53. The highest BCUT2D eigenvalue weighted by Crippen LogP contribution is 2.30. The zero-order valence-electron chi connectivity index (χ0n) is 17.2. The van der Waals surface area contributed by atoms with Gasteiger partial charge in [0.15, 0.2) is 0 Å². The second kappa shape index (κ2) is 9.92. The molecule has 0 aliphatic carbocycles. The van der Waals surface area contributed by atoms with Crippen LogP contribution in [-0.2, 0) is 12.6 Å². The molecule has 3 rings (SSSR count). The minimum absolute atomic E-state index is 0.306. The quantitative estimate of drug-likeness (QED) is 0.389. The Morgan fingerprint density at radius 3 is 2.35 bits per heavy atom. The van der Waals surface area contributed by atoms with E-state index in [0.29, 0.717) is 30.0 Å². The van der Waals surface area contributed by atoms with Crippen LogP contribution in [0.15, 0.2) is 65.7 Å². The molecule has 0 saturated carbocycles. The van der Waals surface area contributed by atoms with Gasteiger partial charge in [0.2, 0.25) is 11.9 Å². The predicted octanol–water partition coefficient (Wildman–Crippen LogP) is 4.78. The summed E-state index contributed by atoms with van der Waals surface area (Å²) in [6.45, 7) is 2.56. The molecule has 1 aromatic heterocycles. The van der Waals surface area contributed by atoms with Gasteiger partial charge in [0.05, 0.1) is 11.3 Å². The lowest BCUT2D eigenvalue weighted by molar-refractivity contribution is -0.137. The molecule has 0 aliphatic rings. The molecule has 1 heterocycles. The summed E-state index contributed by atoms with van der Waals surface area (Å²) in [5.41, 5.74) is 1.61. The highest BCUT2D eigenvalue weighted by molar-refractivity contribution is 5.93. The zero-order chi connectivity index (χ0) is 22.3. The summed E-state index contributed by atoms with van der Waals surface area (Å²) in [5.74, 6) is 1.29. The number of rotatable bonds is 6. The SMILES string of the molecule is CN/C(=N\c1ccc(C(F)(F)F)cc1)Nc1nc(C)cc(NCCc2ccccc2)n1. The monoisotopic (exact) mass is 428 g/mol. The summed E-state index contributed by atoms with van der Waals surface area (Å²) in [7, 11) is 1.64. The van der Waals surface area contributed by atoms with E-state index in [1.807, 2.05) is 31.2 Å². The van der Waals surface area contributed by atoms with Gasteiger partial charge in [0.1, 0.15) is 5.82 Å². The summed E-state index contributed by atoms with van der Waals surface area (Å²) < 4.78 is 38.1. The van der Waals surface area contributed by atoms with E-state index in [4.69, 9.17) is 0 Å².